The van der Waals surface area contributed by atoms with E-state index >= 15 is 0 Å². The second-order valence-electron chi connectivity index (χ2n) is 6.06. The third-order valence-corrected chi connectivity index (χ3v) is 6.81. The average molecular weight is 470 g/mol. The number of carboxylic acids is 2. The fourth-order valence-electron chi connectivity index (χ4n) is 2.14. The fraction of sp³-hybridized carbons (Fsp3) is 0.250. The van der Waals surface area contributed by atoms with Crippen molar-refractivity contribution in [2.24, 2.45) is 0 Å². The Labute approximate surface area is 171 Å². The third kappa shape index (κ3) is 5.82. The molecule has 0 unspecified atom stereocenters. The minimum absolute atomic E-state index is 0.0833. The summed E-state index contributed by atoms with van der Waals surface area (Å²) in [7, 11) is -3.95. The van der Waals surface area contributed by atoms with E-state index in [9.17, 15) is 30.8 Å². The Kier molecular flexibility index (Phi) is 6.61. The molecular formula is C16H14F4N2O6S2. The SMILES string of the molecule is Nc1c(NS(=O)(=O)c2ccc(C3CC3)s2)cc(F)cc1C(=O)O.O=C(O)C(F)(F)F. The molecule has 1 fully saturated rings. The summed E-state index contributed by atoms with van der Waals surface area (Å²) < 4.78 is 72.3. The van der Waals surface area contributed by atoms with Gasteiger partial charge < -0.3 is 15.9 Å². The molecule has 2 aromatic rings. The van der Waals surface area contributed by atoms with Crippen molar-refractivity contribution in [3.8, 4) is 0 Å². The van der Waals surface area contributed by atoms with Crippen molar-refractivity contribution in [3.05, 3.63) is 40.5 Å². The van der Waals surface area contributed by atoms with E-state index in [1.54, 1.807) is 6.07 Å². The van der Waals surface area contributed by atoms with E-state index < -0.39 is 39.5 Å². The van der Waals surface area contributed by atoms with Gasteiger partial charge in [-0.2, -0.15) is 13.2 Å². The van der Waals surface area contributed by atoms with Crippen molar-refractivity contribution in [2.45, 2.75) is 29.1 Å². The molecule has 0 spiro atoms. The maximum Gasteiger partial charge on any atom is 0.490 e. The number of carboxylic acid groups (broad SMARTS) is 2. The Bertz CT molecular complexity index is 1080. The first kappa shape index (κ1) is 23.4. The van der Waals surface area contributed by atoms with Gasteiger partial charge in [-0.15, -0.1) is 11.3 Å². The van der Waals surface area contributed by atoms with Crippen molar-refractivity contribution in [2.75, 3.05) is 10.5 Å². The number of sulfonamides is 1. The number of thiophene rings is 1. The smallest absolute Gasteiger partial charge is 0.478 e. The predicted octanol–water partition coefficient (Wildman–Crippen LogP) is 3.48. The van der Waals surface area contributed by atoms with Gasteiger partial charge in [0.25, 0.3) is 10.0 Å². The molecule has 5 N–H and O–H groups in total. The summed E-state index contributed by atoms with van der Waals surface area (Å²) in [6.45, 7) is 0. The van der Waals surface area contributed by atoms with E-state index in [2.05, 4.69) is 4.72 Å². The standard InChI is InChI=1S/C14H13FN2O4S2.C2HF3O2/c15-8-5-9(14(18)19)13(16)10(6-8)17-23(20,21)12-4-3-11(22-12)7-1-2-7;3-2(4,5)1(6)7/h3-7,17H,1-2,16H2,(H,18,19);(H,6,7). The van der Waals surface area contributed by atoms with Gasteiger partial charge in [0.1, 0.15) is 10.0 Å². The molecule has 0 saturated heterocycles. The number of anilines is 2. The monoisotopic (exact) mass is 470 g/mol. The molecular weight excluding hydrogens is 456 g/mol. The number of nitrogens with two attached hydrogens (primary N) is 1. The quantitative estimate of drug-likeness (QED) is 0.386. The summed E-state index contributed by atoms with van der Waals surface area (Å²) in [5.74, 6) is -4.66. The van der Waals surface area contributed by atoms with Gasteiger partial charge in [-0.05, 0) is 37.0 Å². The second kappa shape index (κ2) is 8.47. The molecule has 8 nitrogen and oxygen atoms in total. The van der Waals surface area contributed by atoms with Gasteiger partial charge in [0, 0.05) is 10.9 Å². The summed E-state index contributed by atoms with van der Waals surface area (Å²) in [6.07, 6.45) is -2.99. The number of carbonyl (C=O) groups is 2. The lowest BCUT2D eigenvalue weighted by atomic mass is 10.1. The van der Waals surface area contributed by atoms with Crippen LogP contribution in [0.15, 0.2) is 28.5 Å². The zero-order valence-electron chi connectivity index (χ0n) is 14.7. The van der Waals surface area contributed by atoms with Crippen molar-refractivity contribution < 1.29 is 45.8 Å². The molecule has 0 radical (unpaired) electrons. The first-order valence-electron chi connectivity index (χ1n) is 7.97. The van der Waals surface area contributed by atoms with Crippen LogP contribution in [0.5, 0.6) is 0 Å². The van der Waals surface area contributed by atoms with Crippen LogP contribution in [0, 0.1) is 5.82 Å². The zero-order chi connectivity index (χ0) is 22.9. The Balaban J connectivity index is 0.000000396. The summed E-state index contributed by atoms with van der Waals surface area (Å²) >= 11 is 1.15. The van der Waals surface area contributed by atoms with Gasteiger partial charge in [-0.3, -0.25) is 4.72 Å². The number of hydrogen-bond donors (Lipinski definition) is 4. The molecule has 1 saturated carbocycles. The molecule has 0 amide bonds. The molecule has 1 aromatic heterocycles. The number of alkyl halides is 3. The molecule has 1 heterocycles. The summed E-state index contributed by atoms with van der Waals surface area (Å²) in [5, 5.41) is 16.1. The van der Waals surface area contributed by atoms with Gasteiger partial charge >= 0.3 is 18.1 Å². The van der Waals surface area contributed by atoms with E-state index in [4.69, 9.17) is 20.7 Å². The van der Waals surface area contributed by atoms with Crippen LogP contribution in [0.1, 0.15) is 34.0 Å². The normalized spacial score (nSPS) is 13.9. The highest BCUT2D eigenvalue weighted by molar-refractivity contribution is 7.94. The van der Waals surface area contributed by atoms with E-state index in [1.165, 1.54) is 6.07 Å². The largest absolute Gasteiger partial charge is 0.490 e. The van der Waals surface area contributed by atoms with Gasteiger partial charge in [0.2, 0.25) is 0 Å². The van der Waals surface area contributed by atoms with Gasteiger partial charge in [0.15, 0.2) is 0 Å². The predicted molar refractivity (Wildman–Crippen MR) is 98.6 cm³/mol. The van der Waals surface area contributed by atoms with Crippen LogP contribution in [0.4, 0.5) is 28.9 Å². The Morgan fingerprint density at radius 3 is 2.20 bits per heavy atom. The Morgan fingerprint density at radius 2 is 1.73 bits per heavy atom. The molecule has 1 aromatic carbocycles. The highest BCUT2D eigenvalue weighted by Gasteiger charge is 2.38. The molecule has 1 aliphatic rings. The highest BCUT2D eigenvalue weighted by atomic mass is 32.2. The molecule has 164 valence electrons. The number of benzene rings is 1. The Morgan fingerprint density at radius 1 is 1.17 bits per heavy atom. The number of aromatic carboxylic acids is 1. The number of nitrogens with one attached hydrogen (secondary N) is 1. The van der Waals surface area contributed by atoms with E-state index in [0.717, 1.165) is 41.2 Å². The summed E-state index contributed by atoms with van der Waals surface area (Å²) in [4.78, 5) is 20.9. The number of aliphatic carboxylic acids is 1. The van der Waals surface area contributed by atoms with Crippen molar-refractivity contribution in [1.82, 2.24) is 0 Å². The van der Waals surface area contributed by atoms with Crippen LogP contribution >= 0.6 is 11.3 Å². The average Bonchev–Trinajstić information content (AvgIpc) is 3.33. The lowest BCUT2D eigenvalue weighted by molar-refractivity contribution is -0.192. The number of hydrogen-bond acceptors (Lipinski definition) is 6. The summed E-state index contributed by atoms with van der Waals surface area (Å²) in [5.41, 5.74) is 4.52. The van der Waals surface area contributed by atoms with Crippen LogP contribution in [0.3, 0.4) is 0 Å². The summed E-state index contributed by atoms with van der Waals surface area (Å²) in [6, 6.07) is 4.84. The third-order valence-electron chi connectivity index (χ3n) is 3.71. The minimum atomic E-state index is -5.08. The molecule has 14 heteroatoms. The number of halogens is 4. The van der Waals surface area contributed by atoms with Gasteiger partial charge in [-0.25, -0.2) is 22.4 Å². The van der Waals surface area contributed by atoms with E-state index in [1.807, 2.05) is 0 Å². The van der Waals surface area contributed by atoms with Crippen molar-refractivity contribution >= 4 is 44.7 Å². The topological polar surface area (TPSA) is 147 Å². The minimum Gasteiger partial charge on any atom is -0.478 e. The van der Waals surface area contributed by atoms with E-state index in [0.29, 0.717) is 5.92 Å². The molecule has 3 rings (SSSR count). The lowest BCUT2D eigenvalue weighted by Gasteiger charge is -2.11. The first-order chi connectivity index (χ1) is 13.7. The van der Waals surface area contributed by atoms with Gasteiger partial charge in [-0.1, -0.05) is 0 Å². The number of nitrogen functional groups attached to an aromatic ring is 1. The molecule has 0 aliphatic heterocycles. The van der Waals surface area contributed by atoms with Crippen LogP contribution in [0.25, 0.3) is 0 Å². The first-order valence-corrected chi connectivity index (χ1v) is 10.3. The van der Waals surface area contributed by atoms with Gasteiger partial charge in [0.05, 0.1) is 16.9 Å². The maximum absolute atomic E-state index is 13.5. The molecule has 1 aliphatic carbocycles. The van der Waals surface area contributed by atoms with Crippen LogP contribution < -0.4 is 10.5 Å². The zero-order valence-corrected chi connectivity index (χ0v) is 16.4. The Hall–Kier alpha value is -2.87. The molecule has 0 atom stereocenters. The lowest BCUT2D eigenvalue weighted by Crippen LogP contribution is -2.21. The van der Waals surface area contributed by atoms with Crippen molar-refractivity contribution in [1.29, 1.82) is 0 Å². The maximum atomic E-state index is 13.5. The van der Waals surface area contributed by atoms with E-state index in [-0.39, 0.29) is 15.6 Å². The van der Waals surface area contributed by atoms with Crippen LogP contribution in [-0.4, -0.2) is 36.7 Å². The van der Waals surface area contributed by atoms with Crippen LogP contribution in [-0.2, 0) is 14.8 Å². The molecule has 30 heavy (non-hydrogen) atoms. The molecule has 0 bridgehead atoms. The highest BCUT2D eigenvalue weighted by Crippen LogP contribution is 2.44. The second-order valence-corrected chi connectivity index (χ2v) is 9.08. The van der Waals surface area contributed by atoms with Crippen LogP contribution in [0.2, 0.25) is 0 Å². The fourth-order valence-corrected chi connectivity index (χ4v) is 4.71. The number of rotatable bonds is 5. The van der Waals surface area contributed by atoms with Crippen molar-refractivity contribution in [3.63, 3.8) is 0 Å².